The summed E-state index contributed by atoms with van der Waals surface area (Å²) in [7, 11) is 1.66. The molecular formula is C20H27N4O3S2+. The molecule has 3 rings (SSSR count). The smallest absolute Gasteiger partial charge is 0.316 e. The topological polar surface area (TPSA) is 103 Å². The van der Waals surface area contributed by atoms with Crippen LogP contribution in [-0.4, -0.2) is 16.4 Å². The molecule has 0 saturated heterocycles. The van der Waals surface area contributed by atoms with Crippen molar-refractivity contribution in [1.82, 2.24) is 5.27 Å². The van der Waals surface area contributed by atoms with E-state index in [4.69, 9.17) is 4.52 Å². The highest BCUT2D eigenvalue weighted by atomic mass is 32.2. The van der Waals surface area contributed by atoms with Crippen LogP contribution >= 0.6 is 23.1 Å². The molecular weight excluding hydrogens is 408 g/mol. The standard InChI is InChI=1S/C20H26N4O3S2/c1-6-14(29-18-19(26)27-23-24(18)5)16(25)22-17-13(10-21)12-8-7-11(20(2,3)4)9-15(12)28-17/h11,14H,6-9H2,1-5H3,(H-,22,23,25,26)/p+1. The van der Waals surface area contributed by atoms with Crippen molar-refractivity contribution in [3.8, 4) is 6.07 Å². The number of thiophene rings is 1. The number of fused-ring (bicyclic) bond motifs is 1. The van der Waals surface area contributed by atoms with Crippen LogP contribution < -0.4 is 15.6 Å². The number of carbonyl (C=O) groups is 1. The second-order valence-electron chi connectivity index (χ2n) is 8.47. The number of aryl methyl sites for hydroxylation is 1. The SMILES string of the molecule is CCC(Sc1c(=O)o[nH][n+]1C)C(=O)Nc1sc2c(c1C#N)CCC(C(C)(C)C)C2. The first-order valence-corrected chi connectivity index (χ1v) is 11.4. The molecule has 0 aromatic carbocycles. The maximum Gasteiger partial charge on any atom is 0.441 e. The fraction of sp³-hybridized carbons (Fsp3) is 0.600. The maximum absolute atomic E-state index is 12.9. The molecule has 0 aliphatic heterocycles. The average Bonchev–Trinajstić information content (AvgIpc) is 3.17. The van der Waals surface area contributed by atoms with E-state index in [0.717, 1.165) is 36.6 Å². The molecule has 2 atom stereocenters. The van der Waals surface area contributed by atoms with Gasteiger partial charge < -0.3 is 5.32 Å². The third-order valence-electron chi connectivity index (χ3n) is 5.51. The van der Waals surface area contributed by atoms with E-state index in [2.05, 4.69) is 37.4 Å². The van der Waals surface area contributed by atoms with Crippen molar-refractivity contribution >= 4 is 34.0 Å². The molecule has 9 heteroatoms. The first kappa shape index (κ1) is 21.7. The number of hydrogen-bond acceptors (Lipinski definition) is 6. The zero-order valence-corrected chi connectivity index (χ0v) is 19.1. The molecule has 2 aromatic rings. The van der Waals surface area contributed by atoms with Gasteiger partial charge in [0.1, 0.15) is 11.1 Å². The summed E-state index contributed by atoms with van der Waals surface area (Å²) < 4.78 is 6.22. The van der Waals surface area contributed by atoms with Crippen molar-refractivity contribution in [2.45, 2.75) is 63.7 Å². The summed E-state index contributed by atoms with van der Waals surface area (Å²) >= 11 is 2.68. The van der Waals surface area contributed by atoms with Crippen LogP contribution in [0.4, 0.5) is 5.00 Å². The molecule has 29 heavy (non-hydrogen) atoms. The summed E-state index contributed by atoms with van der Waals surface area (Å²) in [6.45, 7) is 8.66. The van der Waals surface area contributed by atoms with Gasteiger partial charge in [0.05, 0.1) is 10.8 Å². The highest BCUT2D eigenvalue weighted by Crippen LogP contribution is 2.44. The summed E-state index contributed by atoms with van der Waals surface area (Å²) in [6, 6.07) is 2.30. The van der Waals surface area contributed by atoms with Gasteiger partial charge in [-0.05, 0) is 59.6 Å². The second-order valence-corrected chi connectivity index (χ2v) is 10.8. The molecule has 2 aromatic heterocycles. The van der Waals surface area contributed by atoms with Crippen molar-refractivity contribution in [2.24, 2.45) is 18.4 Å². The minimum atomic E-state index is -0.499. The molecule has 1 aliphatic carbocycles. The van der Waals surface area contributed by atoms with Gasteiger partial charge in [-0.15, -0.1) is 11.3 Å². The fourth-order valence-electron chi connectivity index (χ4n) is 3.64. The zero-order valence-electron chi connectivity index (χ0n) is 17.4. The lowest BCUT2D eigenvalue weighted by Crippen LogP contribution is -2.35. The van der Waals surface area contributed by atoms with Crippen LogP contribution in [0.25, 0.3) is 0 Å². The Bertz CT molecular complexity index is 1010. The third-order valence-corrected chi connectivity index (χ3v) is 8.18. The van der Waals surface area contributed by atoms with Crippen molar-refractivity contribution in [2.75, 3.05) is 5.32 Å². The van der Waals surface area contributed by atoms with Crippen LogP contribution in [-0.2, 0) is 24.7 Å². The van der Waals surface area contributed by atoms with E-state index in [1.54, 1.807) is 7.05 Å². The Hall–Kier alpha value is -2.05. The van der Waals surface area contributed by atoms with Gasteiger partial charge in [0, 0.05) is 4.88 Å². The normalized spacial score (nSPS) is 17.4. The number of anilines is 1. The quantitative estimate of drug-likeness (QED) is 0.554. The third kappa shape index (κ3) is 4.43. The number of hydrogen-bond donors (Lipinski definition) is 2. The number of nitrogens with one attached hydrogen (secondary N) is 2. The first-order valence-electron chi connectivity index (χ1n) is 9.75. The Labute approximate surface area is 178 Å². The Kier molecular flexibility index (Phi) is 6.24. The van der Waals surface area contributed by atoms with Gasteiger partial charge in [0.2, 0.25) is 5.91 Å². The van der Waals surface area contributed by atoms with Gasteiger partial charge in [0.15, 0.2) is 7.05 Å². The Morgan fingerprint density at radius 3 is 2.79 bits per heavy atom. The number of aromatic amines is 1. The number of aromatic nitrogens is 2. The lowest BCUT2D eigenvalue weighted by molar-refractivity contribution is -0.772. The number of nitriles is 1. The molecule has 1 aliphatic rings. The van der Waals surface area contributed by atoms with Crippen molar-refractivity contribution < 1.29 is 14.0 Å². The second kappa shape index (κ2) is 8.36. The molecule has 2 unspecified atom stereocenters. The van der Waals surface area contributed by atoms with Crippen LogP contribution in [0, 0.1) is 22.7 Å². The van der Waals surface area contributed by atoms with E-state index in [1.165, 1.54) is 20.9 Å². The summed E-state index contributed by atoms with van der Waals surface area (Å²) in [5.74, 6) is 0.357. The number of thioether (sulfide) groups is 1. The first-order chi connectivity index (χ1) is 13.7. The summed E-state index contributed by atoms with van der Waals surface area (Å²) in [5.41, 5.74) is 1.40. The molecule has 0 radical (unpaired) electrons. The van der Waals surface area contributed by atoms with Crippen molar-refractivity contribution in [1.29, 1.82) is 5.26 Å². The van der Waals surface area contributed by atoms with Crippen molar-refractivity contribution in [3.05, 3.63) is 26.4 Å². The van der Waals surface area contributed by atoms with Crippen LogP contribution in [0.15, 0.2) is 14.3 Å². The summed E-state index contributed by atoms with van der Waals surface area (Å²) in [6.07, 6.45) is 3.42. The van der Waals surface area contributed by atoms with Gasteiger partial charge in [-0.1, -0.05) is 32.4 Å². The maximum atomic E-state index is 12.9. The van der Waals surface area contributed by atoms with E-state index in [1.807, 2.05) is 6.92 Å². The number of nitrogens with zero attached hydrogens (tertiary/aromatic N) is 2. The summed E-state index contributed by atoms with van der Waals surface area (Å²) in [5, 5.41) is 15.6. The van der Waals surface area contributed by atoms with Gasteiger partial charge in [-0.2, -0.15) is 5.26 Å². The van der Waals surface area contributed by atoms with E-state index >= 15 is 0 Å². The van der Waals surface area contributed by atoms with E-state index < -0.39 is 10.9 Å². The van der Waals surface area contributed by atoms with Gasteiger partial charge in [-0.25, -0.2) is 4.79 Å². The minimum absolute atomic E-state index is 0.208. The number of H-pyrrole nitrogens is 1. The van der Waals surface area contributed by atoms with Crippen LogP contribution in [0.3, 0.4) is 0 Å². The molecule has 0 bridgehead atoms. The van der Waals surface area contributed by atoms with E-state index in [9.17, 15) is 14.9 Å². The molecule has 7 nitrogen and oxygen atoms in total. The lowest BCUT2D eigenvalue weighted by Gasteiger charge is -2.33. The predicted molar refractivity (Wildman–Crippen MR) is 113 cm³/mol. The minimum Gasteiger partial charge on any atom is -0.316 e. The lowest BCUT2D eigenvalue weighted by atomic mass is 9.72. The Morgan fingerprint density at radius 1 is 1.52 bits per heavy atom. The molecule has 156 valence electrons. The monoisotopic (exact) mass is 435 g/mol. The molecule has 1 amide bonds. The predicted octanol–water partition coefficient (Wildman–Crippen LogP) is 3.39. The summed E-state index contributed by atoms with van der Waals surface area (Å²) in [4.78, 5) is 25.9. The molecule has 2 heterocycles. The highest BCUT2D eigenvalue weighted by molar-refractivity contribution is 8.00. The van der Waals surface area contributed by atoms with E-state index in [0.29, 0.717) is 27.9 Å². The number of rotatable bonds is 5. The highest BCUT2D eigenvalue weighted by Gasteiger charge is 2.33. The van der Waals surface area contributed by atoms with Crippen LogP contribution in [0.1, 0.15) is 56.5 Å². The van der Waals surface area contributed by atoms with Crippen molar-refractivity contribution in [3.63, 3.8) is 0 Å². The van der Waals surface area contributed by atoms with Gasteiger partial charge in [0.25, 0.3) is 0 Å². The van der Waals surface area contributed by atoms with E-state index in [-0.39, 0.29) is 11.3 Å². The Morgan fingerprint density at radius 2 is 2.24 bits per heavy atom. The van der Waals surface area contributed by atoms with Gasteiger partial charge >= 0.3 is 10.7 Å². The zero-order chi connectivity index (χ0) is 21.3. The van der Waals surface area contributed by atoms with Crippen LogP contribution in [0.5, 0.6) is 0 Å². The Balaban J connectivity index is 1.81. The molecule has 0 saturated carbocycles. The molecule has 2 N–H and O–H groups in total. The van der Waals surface area contributed by atoms with Gasteiger partial charge in [-0.3, -0.25) is 9.32 Å². The number of carbonyl (C=O) groups excluding carboxylic acids is 1. The molecule has 0 fully saturated rings. The molecule has 0 spiro atoms. The van der Waals surface area contributed by atoms with Crippen LogP contribution in [0.2, 0.25) is 0 Å². The fourth-order valence-corrected chi connectivity index (χ4v) is 5.86. The average molecular weight is 436 g/mol. The largest absolute Gasteiger partial charge is 0.441 e. The number of amides is 1.